The fraction of sp³-hybridized carbons (Fsp3) is 0.133. The van der Waals surface area contributed by atoms with Crippen molar-refractivity contribution in [2.24, 2.45) is 0 Å². The quantitative estimate of drug-likeness (QED) is 0.850. The topological polar surface area (TPSA) is 64.3 Å². The minimum atomic E-state index is -0.112. The van der Waals surface area contributed by atoms with Crippen molar-refractivity contribution in [1.29, 1.82) is 0 Å². The van der Waals surface area contributed by atoms with Gasteiger partial charge < -0.3 is 15.8 Å². The van der Waals surface area contributed by atoms with Crippen LogP contribution in [0, 0.1) is 0 Å². The summed E-state index contributed by atoms with van der Waals surface area (Å²) in [5, 5.41) is 3.45. The number of nitrogen functional groups attached to an aromatic ring is 1. The number of carbonyl (C=O) groups is 1. The lowest BCUT2D eigenvalue weighted by atomic mass is 10.1. The van der Waals surface area contributed by atoms with Gasteiger partial charge in [0, 0.05) is 16.8 Å². The molecular weight excluding hydrogens is 276 g/mol. The lowest BCUT2D eigenvalue weighted by molar-refractivity contribution is -0.115. The number of nitrogens with two attached hydrogens (primary N) is 1. The molecule has 5 heteroatoms. The van der Waals surface area contributed by atoms with Gasteiger partial charge in [-0.25, -0.2) is 0 Å². The molecule has 20 heavy (non-hydrogen) atoms. The number of halogens is 1. The first-order valence-electron chi connectivity index (χ1n) is 6.06. The van der Waals surface area contributed by atoms with Gasteiger partial charge in [0.15, 0.2) is 0 Å². The largest absolute Gasteiger partial charge is 0.495 e. The summed E-state index contributed by atoms with van der Waals surface area (Å²) in [7, 11) is 1.53. The van der Waals surface area contributed by atoms with E-state index in [4.69, 9.17) is 22.1 Å². The zero-order chi connectivity index (χ0) is 14.5. The van der Waals surface area contributed by atoms with Gasteiger partial charge in [-0.3, -0.25) is 4.79 Å². The van der Waals surface area contributed by atoms with E-state index in [9.17, 15) is 4.79 Å². The van der Waals surface area contributed by atoms with Crippen LogP contribution in [0.25, 0.3) is 0 Å². The highest BCUT2D eigenvalue weighted by Crippen LogP contribution is 2.25. The van der Waals surface area contributed by atoms with Crippen molar-refractivity contribution in [2.75, 3.05) is 18.2 Å². The standard InChI is InChI=1S/C15H15ClN2O2/c1-20-14-9-12(6-7-13(14)17)18-15(19)8-10-2-4-11(16)5-3-10/h2-7,9H,8,17H2,1H3,(H,18,19). The van der Waals surface area contributed by atoms with Gasteiger partial charge in [-0.15, -0.1) is 0 Å². The predicted octanol–water partition coefficient (Wildman–Crippen LogP) is 3.11. The van der Waals surface area contributed by atoms with E-state index in [0.717, 1.165) is 5.56 Å². The number of nitrogens with one attached hydrogen (secondary N) is 1. The zero-order valence-corrected chi connectivity index (χ0v) is 11.8. The molecule has 0 radical (unpaired) electrons. The van der Waals surface area contributed by atoms with Crippen molar-refractivity contribution in [3.8, 4) is 5.75 Å². The SMILES string of the molecule is COc1cc(NC(=O)Cc2ccc(Cl)cc2)ccc1N. The van der Waals surface area contributed by atoms with E-state index in [-0.39, 0.29) is 12.3 Å². The molecule has 0 saturated heterocycles. The van der Waals surface area contributed by atoms with E-state index in [1.54, 1.807) is 30.3 Å². The molecule has 2 aromatic rings. The van der Waals surface area contributed by atoms with Crippen LogP contribution in [0.5, 0.6) is 5.75 Å². The minimum Gasteiger partial charge on any atom is -0.495 e. The van der Waals surface area contributed by atoms with Crippen LogP contribution >= 0.6 is 11.6 Å². The van der Waals surface area contributed by atoms with Crippen molar-refractivity contribution in [2.45, 2.75) is 6.42 Å². The number of ether oxygens (including phenoxy) is 1. The first-order valence-corrected chi connectivity index (χ1v) is 6.44. The molecule has 1 amide bonds. The van der Waals surface area contributed by atoms with E-state index in [1.807, 2.05) is 12.1 Å². The second-order valence-electron chi connectivity index (χ2n) is 4.31. The van der Waals surface area contributed by atoms with Gasteiger partial charge >= 0.3 is 0 Å². The maximum atomic E-state index is 11.9. The molecule has 0 aliphatic heterocycles. The van der Waals surface area contributed by atoms with E-state index >= 15 is 0 Å². The molecule has 0 spiro atoms. The van der Waals surface area contributed by atoms with Crippen LogP contribution in [0.4, 0.5) is 11.4 Å². The summed E-state index contributed by atoms with van der Waals surface area (Å²) in [5.41, 5.74) is 7.79. The highest BCUT2D eigenvalue weighted by molar-refractivity contribution is 6.30. The van der Waals surface area contributed by atoms with Crippen molar-refractivity contribution >= 4 is 28.9 Å². The molecule has 3 N–H and O–H groups in total. The van der Waals surface area contributed by atoms with Gasteiger partial charge in [-0.2, -0.15) is 0 Å². The van der Waals surface area contributed by atoms with Gasteiger partial charge in [0.25, 0.3) is 0 Å². The number of rotatable bonds is 4. The number of benzene rings is 2. The number of hydrogen-bond donors (Lipinski definition) is 2. The molecular formula is C15H15ClN2O2. The lowest BCUT2D eigenvalue weighted by Crippen LogP contribution is -2.14. The van der Waals surface area contributed by atoms with Crippen LogP contribution in [0.1, 0.15) is 5.56 Å². The molecule has 2 rings (SSSR count). The Labute approximate surface area is 122 Å². The van der Waals surface area contributed by atoms with E-state index in [2.05, 4.69) is 5.32 Å². The Balaban J connectivity index is 2.02. The maximum Gasteiger partial charge on any atom is 0.228 e. The molecule has 0 saturated carbocycles. The number of amides is 1. The van der Waals surface area contributed by atoms with E-state index in [1.165, 1.54) is 7.11 Å². The fourth-order valence-electron chi connectivity index (χ4n) is 1.78. The molecule has 2 aromatic carbocycles. The molecule has 0 fully saturated rings. The van der Waals surface area contributed by atoms with Gasteiger partial charge in [0.05, 0.1) is 19.2 Å². The summed E-state index contributed by atoms with van der Waals surface area (Å²) in [4.78, 5) is 11.9. The molecule has 104 valence electrons. The Kier molecular flexibility index (Phi) is 4.48. The van der Waals surface area contributed by atoms with Gasteiger partial charge in [-0.1, -0.05) is 23.7 Å². The summed E-state index contributed by atoms with van der Waals surface area (Å²) >= 11 is 5.80. The molecule has 4 nitrogen and oxygen atoms in total. The van der Waals surface area contributed by atoms with Crippen LogP contribution in [0.15, 0.2) is 42.5 Å². The molecule has 0 atom stereocenters. The highest BCUT2D eigenvalue weighted by atomic mass is 35.5. The van der Waals surface area contributed by atoms with Crippen LogP contribution in [0.3, 0.4) is 0 Å². The Morgan fingerprint density at radius 1 is 1.25 bits per heavy atom. The smallest absolute Gasteiger partial charge is 0.228 e. The monoisotopic (exact) mass is 290 g/mol. The summed E-state index contributed by atoms with van der Waals surface area (Å²) < 4.78 is 5.11. The van der Waals surface area contributed by atoms with Gasteiger partial charge in [0.1, 0.15) is 5.75 Å². The average Bonchev–Trinajstić information content (AvgIpc) is 2.43. The third-order valence-electron chi connectivity index (χ3n) is 2.80. The molecule has 0 aromatic heterocycles. The fourth-order valence-corrected chi connectivity index (χ4v) is 1.91. The Hall–Kier alpha value is -2.20. The van der Waals surface area contributed by atoms with Crippen LogP contribution in [-0.4, -0.2) is 13.0 Å². The number of hydrogen-bond acceptors (Lipinski definition) is 3. The average molecular weight is 291 g/mol. The second kappa shape index (κ2) is 6.30. The van der Waals surface area contributed by atoms with Crippen molar-refractivity contribution < 1.29 is 9.53 Å². The Morgan fingerprint density at radius 2 is 1.95 bits per heavy atom. The molecule has 0 aliphatic carbocycles. The van der Waals surface area contributed by atoms with Gasteiger partial charge in [0.2, 0.25) is 5.91 Å². The molecule has 0 unspecified atom stereocenters. The summed E-state index contributed by atoms with van der Waals surface area (Å²) in [6.45, 7) is 0. The third-order valence-corrected chi connectivity index (χ3v) is 3.05. The summed E-state index contributed by atoms with van der Waals surface area (Å²) in [6, 6.07) is 12.3. The van der Waals surface area contributed by atoms with Crippen LogP contribution in [0.2, 0.25) is 5.02 Å². The van der Waals surface area contributed by atoms with Crippen LogP contribution in [-0.2, 0) is 11.2 Å². The van der Waals surface area contributed by atoms with E-state index in [0.29, 0.717) is 22.1 Å². The third kappa shape index (κ3) is 3.65. The van der Waals surface area contributed by atoms with Crippen molar-refractivity contribution in [3.05, 3.63) is 53.1 Å². The number of methoxy groups -OCH3 is 1. The number of anilines is 2. The lowest BCUT2D eigenvalue weighted by Gasteiger charge is -2.09. The first kappa shape index (κ1) is 14.2. The molecule has 0 heterocycles. The molecule has 0 bridgehead atoms. The Morgan fingerprint density at radius 3 is 2.60 bits per heavy atom. The Bertz CT molecular complexity index is 612. The number of carbonyl (C=O) groups excluding carboxylic acids is 1. The molecule has 0 aliphatic rings. The first-order chi connectivity index (χ1) is 9.58. The van der Waals surface area contributed by atoms with E-state index < -0.39 is 0 Å². The van der Waals surface area contributed by atoms with Crippen molar-refractivity contribution in [3.63, 3.8) is 0 Å². The van der Waals surface area contributed by atoms with Crippen molar-refractivity contribution in [1.82, 2.24) is 0 Å². The maximum absolute atomic E-state index is 11.9. The predicted molar refractivity (Wildman–Crippen MR) is 81.2 cm³/mol. The minimum absolute atomic E-state index is 0.112. The zero-order valence-electron chi connectivity index (χ0n) is 11.0. The highest BCUT2D eigenvalue weighted by Gasteiger charge is 2.06. The van der Waals surface area contributed by atoms with Crippen LogP contribution < -0.4 is 15.8 Å². The van der Waals surface area contributed by atoms with Gasteiger partial charge in [-0.05, 0) is 29.8 Å². The summed E-state index contributed by atoms with van der Waals surface area (Å²) in [6.07, 6.45) is 0.282. The summed E-state index contributed by atoms with van der Waals surface area (Å²) in [5.74, 6) is 0.424. The second-order valence-corrected chi connectivity index (χ2v) is 4.74. The normalized spacial score (nSPS) is 10.1.